The number of benzene rings is 2. The van der Waals surface area contributed by atoms with Gasteiger partial charge < -0.3 is 20.9 Å². The minimum atomic E-state index is -0.335. The van der Waals surface area contributed by atoms with Crippen molar-refractivity contribution in [1.82, 2.24) is 5.32 Å². The third-order valence-corrected chi connectivity index (χ3v) is 5.50. The first-order chi connectivity index (χ1) is 14.5. The number of hydrogen-bond acceptors (Lipinski definition) is 3. The van der Waals surface area contributed by atoms with E-state index in [0.717, 1.165) is 49.3 Å². The number of hydrogen-bond donors (Lipinski definition) is 3. The van der Waals surface area contributed by atoms with Crippen LogP contribution in [-0.2, 0) is 0 Å². The molecule has 6 nitrogen and oxygen atoms in total. The van der Waals surface area contributed by atoms with Crippen LogP contribution in [0.2, 0.25) is 0 Å². The molecule has 3 N–H and O–H groups in total. The smallest absolute Gasteiger partial charge is 0.323 e. The van der Waals surface area contributed by atoms with Gasteiger partial charge in [0, 0.05) is 36.2 Å². The van der Waals surface area contributed by atoms with E-state index in [1.165, 1.54) is 6.42 Å². The van der Waals surface area contributed by atoms with E-state index < -0.39 is 0 Å². The van der Waals surface area contributed by atoms with Gasteiger partial charge in [-0.15, -0.1) is 0 Å². The maximum Gasteiger partial charge on any atom is 0.323 e. The SMILES string of the molecule is CC[C@@H](C)NC(=O)c1cc(NC(=O)Nc2ccc(C)cc2)ccc1N1CCCCC1. The summed E-state index contributed by atoms with van der Waals surface area (Å²) in [5.41, 5.74) is 3.98. The van der Waals surface area contributed by atoms with Gasteiger partial charge in [-0.05, 0) is 69.9 Å². The lowest BCUT2D eigenvalue weighted by Gasteiger charge is -2.31. The first-order valence-corrected chi connectivity index (χ1v) is 10.8. The predicted octanol–water partition coefficient (Wildman–Crippen LogP) is 5.16. The van der Waals surface area contributed by atoms with E-state index in [4.69, 9.17) is 0 Å². The Kier molecular flexibility index (Phi) is 7.33. The summed E-state index contributed by atoms with van der Waals surface area (Å²) in [5.74, 6) is -0.104. The van der Waals surface area contributed by atoms with Gasteiger partial charge in [0.25, 0.3) is 5.91 Å². The molecule has 0 unspecified atom stereocenters. The second-order valence-corrected chi connectivity index (χ2v) is 8.01. The number of nitrogens with zero attached hydrogens (tertiary/aromatic N) is 1. The van der Waals surface area contributed by atoms with Crippen LogP contribution in [0.1, 0.15) is 55.5 Å². The lowest BCUT2D eigenvalue weighted by molar-refractivity contribution is 0.0939. The minimum Gasteiger partial charge on any atom is -0.371 e. The van der Waals surface area contributed by atoms with Crippen molar-refractivity contribution in [3.63, 3.8) is 0 Å². The van der Waals surface area contributed by atoms with Crippen LogP contribution >= 0.6 is 0 Å². The Labute approximate surface area is 179 Å². The summed E-state index contributed by atoms with van der Waals surface area (Å²) in [5, 5.41) is 8.73. The number of anilines is 3. The van der Waals surface area contributed by atoms with Crippen LogP contribution in [0.25, 0.3) is 0 Å². The normalized spacial score (nSPS) is 14.7. The van der Waals surface area contributed by atoms with E-state index in [9.17, 15) is 9.59 Å². The standard InChI is InChI=1S/C24H32N4O2/c1-4-18(3)25-23(29)21-16-20(12-13-22(21)28-14-6-5-7-15-28)27-24(30)26-19-10-8-17(2)9-11-19/h8-13,16,18H,4-7,14-15H2,1-3H3,(H,25,29)(H2,26,27,30)/t18-/m1/s1. The zero-order valence-electron chi connectivity index (χ0n) is 18.1. The Morgan fingerprint density at radius 1 is 0.967 bits per heavy atom. The number of amides is 3. The van der Waals surface area contributed by atoms with Gasteiger partial charge in [0.2, 0.25) is 0 Å². The number of rotatable bonds is 6. The molecule has 2 aromatic carbocycles. The summed E-state index contributed by atoms with van der Waals surface area (Å²) in [7, 11) is 0. The molecular weight excluding hydrogens is 376 g/mol. The molecule has 0 aromatic heterocycles. The van der Waals surface area contributed by atoms with Gasteiger partial charge in [-0.2, -0.15) is 0 Å². The molecule has 0 bridgehead atoms. The zero-order valence-corrected chi connectivity index (χ0v) is 18.1. The second kappa shape index (κ2) is 10.1. The van der Waals surface area contributed by atoms with Crippen LogP contribution in [0.5, 0.6) is 0 Å². The molecule has 1 aliphatic rings. The summed E-state index contributed by atoms with van der Waals surface area (Å²) in [6.45, 7) is 7.94. The van der Waals surface area contributed by atoms with Crippen molar-refractivity contribution in [3.05, 3.63) is 53.6 Å². The average Bonchev–Trinajstić information content (AvgIpc) is 2.75. The van der Waals surface area contributed by atoms with Crippen molar-refractivity contribution in [2.45, 2.75) is 52.5 Å². The van der Waals surface area contributed by atoms with Crippen LogP contribution in [0, 0.1) is 6.92 Å². The number of carbonyl (C=O) groups excluding carboxylic acids is 2. The van der Waals surface area contributed by atoms with Gasteiger partial charge in [-0.25, -0.2) is 4.79 Å². The summed E-state index contributed by atoms with van der Waals surface area (Å²) in [6, 6.07) is 12.9. The van der Waals surface area contributed by atoms with Crippen molar-refractivity contribution in [2.24, 2.45) is 0 Å². The molecule has 1 heterocycles. The number of nitrogens with one attached hydrogen (secondary N) is 3. The van der Waals surface area contributed by atoms with E-state index in [1.54, 1.807) is 6.07 Å². The van der Waals surface area contributed by atoms with Gasteiger partial charge in [-0.1, -0.05) is 24.6 Å². The Hall–Kier alpha value is -3.02. The first kappa shape index (κ1) is 21.7. The fourth-order valence-electron chi connectivity index (χ4n) is 3.54. The maximum absolute atomic E-state index is 13.0. The van der Waals surface area contributed by atoms with E-state index in [2.05, 4.69) is 20.9 Å². The van der Waals surface area contributed by atoms with Crippen LogP contribution in [0.15, 0.2) is 42.5 Å². The largest absolute Gasteiger partial charge is 0.371 e. The molecule has 3 rings (SSSR count). The zero-order chi connectivity index (χ0) is 21.5. The molecule has 0 radical (unpaired) electrons. The van der Waals surface area contributed by atoms with Crippen LogP contribution < -0.4 is 20.9 Å². The van der Waals surface area contributed by atoms with Crippen molar-refractivity contribution < 1.29 is 9.59 Å². The topological polar surface area (TPSA) is 73.5 Å². The highest BCUT2D eigenvalue weighted by Crippen LogP contribution is 2.27. The van der Waals surface area contributed by atoms with Gasteiger partial charge in [0.1, 0.15) is 0 Å². The molecule has 3 amide bonds. The molecule has 1 aliphatic heterocycles. The number of carbonyl (C=O) groups is 2. The third kappa shape index (κ3) is 5.75. The fourth-order valence-corrected chi connectivity index (χ4v) is 3.54. The number of urea groups is 1. The Balaban J connectivity index is 1.79. The predicted molar refractivity (Wildman–Crippen MR) is 124 cm³/mol. The highest BCUT2D eigenvalue weighted by atomic mass is 16.2. The molecule has 1 saturated heterocycles. The molecule has 30 heavy (non-hydrogen) atoms. The van der Waals surface area contributed by atoms with Crippen molar-refractivity contribution in [1.29, 1.82) is 0 Å². The van der Waals surface area contributed by atoms with E-state index in [1.807, 2.05) is 57.2 Å². The Bertz CT molecular complexity index is 873. The molecule has 0 aliphatic carbocycles. The molecule has 2 aromatic rings. The molecule has 6 heteroatoms. The summed E-state index contributed by atoms with van der Waals surface area (Å²) in [6.07, 6.45) is 4.35. The molecule has 0 spiro atoms. The van der Waals surface area contributed by atoms with E-state index in [0.29, 0.717) is 11.3 Å². The van der Waals surface area contributed by atoms with Crippen molar-refractivity contribution in [2.75, 3.05) is 28.6 Å². The molecule has 1 atom stereocenters. The molecule has 1 fully saturated rings. The second-order valence-electron chi connectivity index (χ2n) is 8.01. The number of piperidine rings is 1. The molecule has 0 saturated carbocycles. The lowest BCUT2D eigenvalue weighted by Crippen LogP contribution is -2.35. The molecular formula is C24H32N4O2. The van der Waals surface area contributed by atoms with Gasteiger partial charge in [-0.3, -0.25) is 4.79 Å². The highest BCUT2D eigenvalue weighted by molar-refractivity contribution is 6.04. The fraction of sp³-hybridized carbons (Fsp3) is 0.417. The summed E-state index contributed by atoms with van der Waals surface area (Å²) >= 11 is 0. The van der Waals surface area contributed by atoms with Crippen LogP contribution in [0.3, 0.4) is 0 Å². The maximum atomic E-state index is 13.0. The van der Waals surface area contributed by atoms with E-state index in [-0.39, 0.29) is 18.0 Å². The lowest BCUT2D eigenvalue weighted by atomic mass is 10.1. The van der Waals surface area contributed by atoms with E-state index >= 15 is 0 Å². The Morgan fingerprint density at radius 2 is 1.60 bits per heavy atom. The summed E-state index contributed by atoms with van der Waals surface area (Å²) in [4.78, 5) is 27.7. The number of aryl methyl sites for hydroxylation is 1. The monoisotopic (exact) mass is 408 g/mol. The molecule has 160 valence electrons. The van der Waals surface area contributed by atoms with Crippen LogP contribution in [-0.4, -0.2) is 31.1 Å². The van der Waals surface area contributed by atoms with Crippen molar-refractivity contribution in [3.8, 4) is 0 Å². The van der Waals surface area contributed by atoms with Gasteiger partial charge in [0.15, 0.2) is 0 Å². The van der Waals surface area contributed by atoms with Crippen molar-refractivity contribution >= 4 is 29.0 Å². The highest BCUT2D eigenvalue weighted by Gasteiger charge is 2.20. The van der Waals surface area contributed by atoms with Crippen LogP contribution in [0.4, 0.5) is 21.9 Å². The Morgan fingerprint density at radius 3 is 2.27 bits per heavy atom. The first-order valence-electron chi connectivity index (χ1n) is 10.8. The quantitative estimate of drug-likeness (QED) is 0.618. The minimum absolute atomic E-state index is 0.0909. The summed E-state index contributed by atoms with van der Waals surface area (Å²) < 4.78 is 0. The third-order valence-electron chi connectivity index (χ3n) is 5.50. The van der Waals surface area contributed by atoms with Gasteiger partial charge in [0.05, 0.1) is 5.56 Å². The average molecular weight is 409 g/mol. The van der Waals surface area contributed by atoms with Gasteiger partial charge >= 0.3 is 6.03 Å².